The molecule has 2 aromatic rings. The number of nitrogens with zero attached hydrogens (tertiary/aromatic N) is 2. The van der Waals surface area contributed by atoms with Gasteiger partial charge in [0.1, 0.15) is 11.8 Å². The highest BCUT2D eigenvalue weighted by Gasteiger charge is 2.32. The molecule has 0 bridgehead atoms. The maximum atomic E-state index is 13.5. The first-order valence-electron chi connectivity index (χ1n) is 11.8. The van der Waals surface area contributed by atoms with Crippen molar-refractivity contribution in [3.05, 3.63) is 59.7 Å². The second kappa shape index (κ2) is 12.7. The number of benzene rings is 2. The van der Waals surface area contributed by atoms with Gasteiger partial charge in [0.25, 0.3) is 0 Å². The zero-order valence-corrected chi connectivity index (χ0v) is 22.3. The summed E-state index contributed by atoms with van der Waals surface area (Å²) >= 11 is 0. The molecule has 0 unspecified atom stereocenters. The van der Waals surface area contributed by atoms with Crippen LogP contribution in [0.5, 0.6) is 5.75 Å². The number of hydrogen-bond donors (Lipinski definition) is 1. The molecule has 0 fully saturated rings. The van der Waals surface area contributed by atoms with Gasteiger partial charge < -0.3 is 15.0 Å². The molecule has 2 aromatic carbocycles. The van der Waals surface area contributed by atoms with Crippen molar-refractivity contribution < 1.29 is 22.7 Å². The topological polar surface area (TPSA) is 96.0 Å². The zero-order chi connectivity index (χ0) is 26.2. The fourth-order valence-electron chi connectivity index (χ4n) is 3.58. The maximum Gasteiger partial charge on any atom is 0.243 e. The van der Waals surface area contributed by atoms with E-state index in [-0.39, 0.29) is 23.4 Å². The molecule has 35 heavy (non-hydrogen) atoms. The van der Waals surface area contributed by atoms with E-state index in [1.807, 2.05) is 39.8 Å². The second-order valence-corrected chi connectivity index (χ2v) is 10.7. The van der Waals surface area contributed by atoms with E-state index in [1.165, 1.54) is 24.1 Å². The van der Waals surface area contributed by atoms with Crippen molar-refractivity contribution in [2.45, 2.75) is 64.1 Å². The fourth-order valence-corrected chi connectivity index (χ4v) is 4.70. The molecule has 192 valence electrons. The number of rotatable bonds is 12. The summed E-state index contributed by atoms with van der Waals surface area (Å²) in [6, 6.07) is 12.9. The molecule has 9 heteroatoms. The Morgan fingerprint density at radius 3 is 2.29 bits per heavy atom. The Morgan fingerprint density at radius 2 is 1.71 bits per heavy atom. The monoisotopic (exact) mass is 503 g/mol. The lowest BCUT2D eigenvalue weighted by Crippen LogP contribution is -2.53. The van der Waals surface area contributed by atoms with E-state index in [0.717, 1.165) is 21.9 Å². The van der Waals surface area contributed by atoms with Crippen LogP contribution in [0.2, 0.25) is 0 Å². The summed E-state index contributed by atoms with van der Waals surface area (Å²) in [6.07, 6.45) is 1.13. The van der Waals surface area contributed by atoms with Gasteiger partial charge in [0, 0.05) is 19.6 Å². The third-order valence-electron chi connectivity index (χ3n) is 5.96. The van der Waals surface area contributed by atoms with Crippen molar-refractivity contribution >= 4 is 21.8 Å². The zero-order valence-electron chi connectivity index (χ0n) is 21.4. The number of nitrogens with one attached hydrogen (secondary N) is 1. The quantitative estimate of drug-likeness (QED) is 0.479. The maximum absolute atomic E-state index is 13.5. The predicted octanol–water partition coefficient (Wildman–Crippen LogP) is 3.35. The molecule has 0 spiro atoms. The van der Waals surface area contributed by atoms with Crippen molar-refractivity contribution in [2.75, 3.05) is 20.7 Å². The summed E-state index contributed by atoms with van der Waals surface area (Å²) in [7, 11) is -0.949. The van der Waals surface area contributed by atoms with Gasteiger partial charge in [0.15, 0.2) is 0 Å². The van der Waals surface area contributed by atoms with Gasteiger partial charge in [-0.15, -0.1) is 0 Å². The number of sulfonamides is 1. The van der Waals surface area contributed by atoms with Gasteiger partial charge in [-0.05, 0) is 56.5 Å². The first kappa shape index (κ1) is 28.3. The van der Waals surface area contributed by atoms with Crippen molar-refractivity contribution in [2.24, 2.45) is 0 Å². The summed E-state index contributed by atoms with van der Waals surface area (Å²) < 4.78 is 32.4. The number of ether oxygens (including phenoxy) is 1. The Labute approximate surface area is 209 Å². The van der Waals surface area contributed by atoms with E-state index in [2.05, 4.69) is 5.32 Å². The van der Waals surface area contributed by atoms with Crippen LogP contribution in [-0.4, -0.2) is 62.2 Å². The van der Waals surface area contributed by atoms with E-state index in [9.17, 15) is 18.0 Å². The van der Waals surface area contributed by atoms with Crippen LogP contribution in [0, 0.1) is 6.92 Å². The number of aryl methyl sites for hydroxylation is 1. The smallest absolute Gasteiger partial charge is 0.243 e. The third-order valence-corrected chi connectivity index (χ3v) is 7.78. The summed E-state index contributed by atoms with van der Waals surface area (Å²) in [5.41, 5.74) is 1.71. The molecule has 2 atom stereocenters. The molecular formula is C26H37N3O5S. The first-order chi connectivity index (χ1) is 16.5. The number of carbonyl (C=O) groups excluding carboxylic acids is 2. The minimum atomic E-state index is -3.88. The Kier molecular flexibility index (Phi) is 10.3. The third kappa shape index (κ3) is 7.53. The molecule has 2 rings (SSSR count). The molecule has 8 nitrogen and oxygen atoms in total. The van der Waals surface area contributed by atoms with Gasteiger partial charge in [-0.3, -0.25) is 9.59 Å². The molecular weight excluding hydrogens is 466 g/mol. The van der Waals surface area contributed by atoms with Gasteiger partial charge in [-0.25, -0.2) is 8.42 Å². The number of hydrogen-bond acceptors (Lipinski definition) is 5. The van der Waals surface area contributed by atoms with E-state index in [4.69, 9.17) is 4.74 Å². The minimum absolute atomic E-state index is 0.0464. The highest BCUT2D eigenvalue weighted by Crippen LogP contribution is 2.19. The highest BCUT2D eigenvalue weighted by molar-refractivity contribution is 7.89. The average molecular weight is 504 g/mol. The average Bonchev–Trinajstić information content (AvgIpc) is 2.84. The summed E-state index contributed by atoms with van der Waals surface area (Å²) in [5.74, 6) is -0.0922. The Balaban J connectivity index is 2.35. The van der Waals surface area contributed by atoms with Crippen LogP contribution in [0.3, 0.4) is 0 Å². The van der Waals surface area contributed by atoms with Crippen LogP contribution in [-0.2, 0) is 26.2 Å². The number of methoxy groups -OCH3 is 1. The molecule has 0 aromatic heterocycles. The van der Waals surface area contributed by atoms with Crippen LogP contribution in [0.1, 0.15) is 44.7 Å². The van der Waals surface area contributed by atoms with Crippen molar-refractivity contribution in [1.82, 2.24) is 14.5 Å². The SMILES string of the molecule is CC[C@@H](C)NC(=O)[C@H](CC)N(Cc1cccc(OC)c1)C(=O)CN(C)S(=O)(=O)c1ccc(C)cc1. The summed E-state index contributed by atoms with van der Waals surface area (Å²) in [4.78, 5) is 28.2. The van der Waals surface area contributed by atoms with Gasteiger partial charge in [0.2, 0.25) is 21.8 Å². The first-order valence-corrected chi connectivity index (χ1v) is 13.2. The molecule has 0 saturated carbocycles. The Bertz CT molecular complexity index is 1100. The van der Waals surface area contributed by atoms with Crippen molar-refractivity contribution in [3.63, 3.8) is 0 Å². The number of likely N-dealkylation sites (N-methyl/N-ethyl adjacent to an activating group) is 1. The Hall–Kier alpha value is -2.91. The highest BCUT2D eigenvalue weighted by atomic mass is 32.2. The van der Waals surface area contributed by atoms with E-state index in [1.54, 1.807) is 31.4 Å². The van der Waals surface area contributed by atoms with E-state index < -0.39 is 28.5 Å². The van der Waals surface area contributed by atoms with Crippen molar-refractivity contribution in [1.29, 1.82) is 0 Å². The standard InChI is InChI=1S/C26H37N3O5S/c1-7-20(4)27-26(31)24(8-2)29(17-21-10-9-11-22(16-21)34-6)25(30)18-28(5)35(32,33)23-14-12-19(3)13-15-23/h9-16,20,24H,7-8,17-18H2,1-6H3,(H,27,31)/t20-,24+/m1/s1. The summed E-state index contributed by atoms with van der Waals surface area (Å²) in [5, 5.41) is 2.95. The molecule has 0 heterocycles. The van der Waals surface area contributed by atoms with Gasteiger partial charge >= 0.3 is 0 Å². The lowest BCUT2D eigenvalue weighted by atomic mass is 10.1. The van der Waals surface area contributed by atoms with Gasteiger partial charge in [-0.1, -0.05) is 43.7 Å². The largest absolute Gasteiger partial charge is 0.497 e. The van der Waals surface area contributed by atoms with Crippen LogP contribution in [0.25, 0.3) is 0 Å². The molecule has 1 N–H and O–H groups in total. The lowest BCUT2D eigenvalue weighted by molar-refractivity contribution is -0.141. The van der Waals surface area contributed by atoms with Gasteiger partial charge in [-0.2, -0.15) is 4.31 Å². The fraction of sp³-hybridized carbons (Fsp3) is 0.462. The molecule has 0 saturated heterocycles. The van der Waals surface area contributed by atoms with Crippen LogP contribution >= 0.6 is 0 Å². The van der Waals surface area contributed by atoms with Crippen LogP contribution in [0.4, 0.5) is 0 Å². The molecule has 0 radical (unpaired) electrons. The number of carbonyl (C=O) groups is 2. The van der Waals surface area contributed by atoms with E-state index in [0.29, 0.717) is 12.2 Å². The van der Waals surface area contributed by atoms with Gasteiger partial charge in [0.05, 0.1) is 18.6 Å². The molecule has 0 aliphatic heterocycles. The summed E-state index contributed by atoms with van der Waals surface area (Å²) in [6.45, 7) is 7.32. The van der Waals surface area contributed by atoms with Crippen molar-refractivity contribution in [3.8, 4) is 5.75 Å². The minimum Gasteiger partial charge on any atom is -0.497 e. The molecule has 0 aliphatic carbocycles. The lowest BCUT2D eigenvalue weighted by Gasteiger charge is -2.32. The Morgan fingerprint density at radius 1 is 1.06 bits per heavy atom. The molecule has 2 amide bonds. The molecule has 0 aliphatic rings. The second-order valence-electron chi connectivity index (χ2n) is 8.69. The normalized spacial score (nSPS) is 13.2. The predicted molar refractivity (Wildman–Crippen MR) is 137 cm³/mol. The number of amides is 2. The van der Waals surface area contributed by atoms with Crippen LogP contribution < -0.4 is 10.1 Å². The van der Waals surface area contributed by atoms with Crippen LogP contribution in [0.15, 0.2) is 53.4 Å². The van der Waals surface area contributed by atoms with E-state index >= 15 is 0 Å².